The van der Waals surface area contributed by atoms with Gasteiger partial charge in [-0.3, -0.25) is 0 Å². The molecule has 0 aromatic carbocycles. The second-order valence-corrected chi connectivity index (χ2v) is 9.32. The van der Waals surface area contributed by atoms with Crippen LogP contribution in [0.5, 0.6) is 0 Å². The zero-order valence-electron chi connectivity index (χ0n) is 17.4. The minimum Gasteiger partial charge on any atom is -0.211 e. The van der Waals surface area contributed by atoms with Crippen molar-refractivity contribution < 1.29 is 8.42 Å². The third-order valence-electron chi connectivity index (χ3n) is 4.83. The van der Waals surface area contributed by atoms with E-state index in [1.807, 2.05) is 6.07 Å². The third kappa shape index (κ3) is 12.0. The molecule has 158 valence electrons. The van der Waals surface area contributed by atoms with Gasteiger partial charge in [0, 0.05) is 25.9 Å². The van der Waals surface area contributed by atoms with Crippen molar-refractivity contribution in [2.75, 3.05) is 13.1 Å². The topological polar surface area (TPSA) is 109 Å². The van der Waals surface area contributed by atoms with Gasteiger partial charge >= 0.3 is 0 Å². The van der Waals surface area contributed by atoms with Gasteiger partial charge in [0.05, 0.1) is 18.2 Å². The summed E-state index contributed by atoms with van der Waals surface area (Å²) in [6.07, 6.45) is 11.0. The zero-order valence-corrected chi connectivity index (χ0v) is 18.2. The molecule has 0 bridgehead atoms. The maximum Gasteiger partial charge on any atom is 0.230 e. The van der Waals surface area contributed by atoms with Crippen LogP contribution in [0, 0.1) is 34.0 Å². The minimum absolute atomic E-state index is 0.391. The van der Waals surface area contributed by atoms with Crippen molar-refractivity contribution in [1.82, 2.24) is 4.31 Å². The summed E-state index contributed by atoms with van der Waals surface area (Å²) < 4.78 is 27.5. The maximum absolute atomic E-state index is 13.0. The van der Waals surface area contributed by atoms with Crippen molar-refractivity contribution in [2.45, 2.75) is 102 Å². The van der Waals surface area contributed by atoms with E-state index in [4.69, 9.17) is 10.5 Å². The maximum atomic E-state index is 13.0. The fourth-order valence-corrected chi connectivity index (χ4v) is 4.82. The van der Waals surface area contributed by atoms with E-state index in [9.17, 15) is 13.7 Å². The SMILES string of the molecule is CCCCCCCC(C#N)S(=O)(=O)N(CCCCCC#N)CCCCCC#N. The number of nitriles is 3. The normalized spacial score (nSPS) is 12.2. The summed E-state index contributed by atoms with van der Waals surface area (Å²) in [5.41, 5.74) is 0. The van der Waals surface area contributed by atoms with Crippen molar-refractivity contribution in [3.8, 4) is 18.2 Å². The van der Waals surface area contributed by atoms with Gasteiger partial charge in [0.15, 0.2) is 5.25 Å². The summed E-state index contributed by atoms with van der Waals surface area (Å²) in [6.45, 7) is 2.94. The summed E-state index contributed by atoms with van der Waals surface area (Å²) in [6, 6.07) is 6.23. The fourth-order valence-electron chi connectivity index (χ4n) is 3.10. The predicted molar refractivity (Wildman–Crippen MR) is 111 cm³/mol. The van der Waals surface area contributed by atoms with Gasteiger partial charge in [-0.2, -0.15) is 15.8 Å². The van der Waals surface area contributed by atoms with Gasteiger partial charge < -0.3 is 0 Å². The van der Waals surface area contributed by atoms with Crippen LogP contribution in [0.4, 0.5) is 0 Å². The molecule has 0 N–H and O–H groups in total. The van der Waals surface area contributed by atoms with Crippen LogP contribution in [-0.4, -0.2) is 31.1 Å². The molecule has 0 radical (unpaired) electrons. The van der Waals surface area contributed by atoms with Gasteiger partial charge in [0.25, 0.3) is 0 Å². The number of sulfonamides is 1. The van der Waals surface area contributed by atoms with Crippen molar-refractivity contribution in [3.63, 3.8) is 0 Å². The van der Waals surface area contributed by atoms with Crippen LogP contribution in [0.2, 0.25) is 0 Å². The van der Waals surface area contributed by atoms with Crippen LogP contribution in [0.25, 0.3) is 0 Å². The molecule has 0 rings (SSSR count). The molecule has 7 heteroatoms. The first-order valence-electron chi connectivity index (χ1n) is 10.7. The molecule has 1 atom stereocenters. The van der Waals surface area contributed by atoms with Gasteiger partial charge in [-0.25, -0.2) is 12.7 Å². The van der Waals surface area contributed by atoms with Crippen LogP contribution < -0.4 is 0 Å². The van der Waals surface area contributed by atoms with Crippen molar-refractivity contribution in [3.05, 3.63) is 0 Å². The van der Waals surface area contributed by atoms with Gasteiger partial charge in [-0.05, 0) is 32.1 Å². The first kappa shape index (κ1) is 26.4. The number of unbranched alkanes of at least 4 members (excludes halogenated alkanes) is 10. The highest BCUT2D eigenvalue weighted by molar-refractivity contribution is 7.90. The molecule has 0 amide bonds. The number of rotatable bonds is 18. The molecular weight excluding hydrogens is 372 g/mol. The summed E-state index contributed by atoms with van der Waals surface area (Å²) >= 11 is 0. The molecule has 0 aromatic rings. The lowest BCUT2D eigenvalue weighted by molar-refractivity contribution is 0.382. The van der Waals surface area contributed by atoms with E-state index >= 15 is 0 Å². The smallest absolute Gasteiger partial charge is 0.211 e. The van der Waals surface area contributed by atoms with E-state index < -0.39 is 15.3 Å². The molecule has 0 aliphatic carbocycles. The van der Waals surface area contributed by atoms with Crippen LogP contribution >= 0.6 is 0 Å². The predicted octanol–water partition coefficient (Wildman–Crippen LogP) is 5.04. The number of nitrogens with zero attached hydrogens (tertiary/aromatic N) is 4. The molecule has 0 saturated carbocycles. The van der Waals surface area contributed by atoms with Gasteiger partial charge in [0.2, 0.25) is 10.0 Å². The van der Waals surface area contributed by atoms with Crippen molar-refractivity contribution in [2.24, 2.45) is 0 Å². The second kappa shape index (κ2) is 17.5. The lowest BCUT2D eigenvalue weighted by Gasteiger charge is -2.25. The van der Waals surface area contributed by atoms with E-state index in [2.05, 4.69) is 19.1 Å². The number of hydrogen-bond donors (Lipinski definition) is 0. The Bertz CT molecular complexity index is 590. The Morgan fingerprint density at radius 1 is 0.750 bits per heavy atom. The zero-order chi connectivity index (χ0) is 21.1. The molecule has 28 heavy (non-hydrogen) atoms. The molecule has 6 nitrogen and oxygen atoms in total. The van der Waals surface area contributed by atoms with E-state index in [-0.39, 0.29) is 0 Å². The van der Waals surface area contributed by atoms with Crippen molar-refractivity contribution in [1.29, 1.82) is 15.8 Å². The lowest BCUT2D eigenvalue weighted by atomic mass is 10.1. The highest BCUT2D eigenvalue weighted by Crippen LogP contribution is 2.18. The Labute approximate surface area is 172 Å². The van der Waals surface area contributed by atoms with Crippen molar-refractivity contribution >= 4 is 10.0 Å². The highest BCUT2D eigenvalue weighted by atomic mass is 32.2. The quantitative estimate of drug-likeness (QED) is 0.295. The van der Waals surface area contributed by atoms with Crippen LogP contribution in [0.15, 0.2) is 0 Å². The second-order valence-electron chi connectivity index (χ2n) is 7.20. The van der Waals surface area contributed by atoms with E-state index in [1.54, 1.807) is 0 Å². The Balaban J connectivity index is 4.78. The third-order valence-corrected chi connectivity index (χ3v) is 6.97. The molecule has 0 aliphatic rings. The first-order chi connectivity index (χ1) is 13.5. The lowest BCUT2D eigenvalue weighted by Crippen LogP contribution is -2.39. The number of hydrogen-bond acceptors (Lipinski definition) is 5. The fraction of sp³-hybridized carbons (Fsp3) is 0.857. The standard InChI is InChI=1S/C21H36N4O2S/c1-2-3-4-5-10-15-21(20-24)28(26,27)25(18-13-8-6-11-16-22)19-14-9-7-12-17-23/h21H,2-15,18-19H2,1H3. The summed E-state index contributed by atoms with van der Waals surface area (Å²) in [7, 11) is -3.65. The molecule has 0 saturated heterocycles. The van der Waals surface area contributed by atoms with Crippen LogP contribution in [-0.2, 0) is 10.0 Å². The summed E-state index contributed by atoms with van der Waals surface area (Å²) in [5, 5.41) is 25.7. The van der Waals surface area contributed by atoms with E-state index in [0.29, 0.717) is 45.2 Å². The molecule has 0 aromatic heterocycles. The highest BCUT2D eigenvalue weighted by Gasteiger charge is 2.31. The minimum atomic E-state index is -3.65. The summed E-state index contributed by atoms with van der Waals surface area (Å²) in [5.74, 6) is 0. The first-order valence-corrected chi connectivity index (χ1v) is 12.2. The molecule has 1 unspecified atom stereocenters. The molecule has 0 heterocycles. The Morgan fingerprint density at radius 2 is 1.25 bits per heavy atom. The monoisotopic (exact) mass is 408 g/mol. The van der Waals surface area contributed by atoms with Gasteiger partial charge in [-0.1, -0.05) is 51.9 Å². The summed E-state index contributed by atoms with van der Waals surface area (Å²) in [4.78, 5) is 0. The Hall–Kier alpha value is -1.62. The van der Waals surface area contributed by atoms with E-state index in [0.717, 1.165) is 57.8 Å². The average molecular weight is 409 g/mol. The Morgan fingerprint density at radius 3 is 1.71 bits per heavy atom. The molecule has 0 spiro atoms. The average Bonchev–Trinajstić information content (AvgIpc) is 2.68. The van der Waals surface area contributed by atoms with Crippen LogP contribution in [0.3, 0.4) is 0 Å². The van der Waals surface area contributed by atoms with Gasteiger partial charge in [0.1, 0.15) is 0 Å². The largest absolute Gasteiger partial charge is 0.230 e. The molecule has 0 aliphatic heterocycles. The van der Waals surface area contributed by atoms with Gasteiger partial charge in [-0.15, -0.1) is 0 Å². The Kier molecular flexibility index (Phi) is 16.5. The molecule has 0 fully saturated rings. The van der Waals surface area contributed by atoms with E-state index in [1.165, 1.54) is 4.31 Å². The molecular formula is C21H36N4O2S. The van der Waals surface area contributed by atoms with Crippen LogP contribution in [0.1, 0.15) is 96.8 Å².